The van der Waals surface area contributed by atoms with E-state index in [-0.39, 0.29) is 5.91 Å². The fraction of sp³-hybridized carbons (Fsp3) is 0.267. The molecule has 0 bridgehead atoms. The molecule has 1 heterocycles. The van der Waals surface area contributed by atoms with Gasteiger partial charge in [0, 0.05) is 28.3 Å². The SMILES string of the molecule is CC(C)CNC(=O)c1cc(Nc2cc(Cl)cc(Cl)c2)ncn1. The average molecular weight is 339 g/mol. The molecule has 0 aliphatic carbocycles. The molecule has 0 spiro atoms. The van der Waals surface area contributed by atoms with Crippen molar-refractivity contribution in [2.45, 2.75) is 13.8 Å². The number of nitrogens with zero attached hydrogens (tertiary/aromatic N) is 2. The third kappa shape index (κ3) is 4.86. The summed E-state index contributed by atoms with van der Waals surface area (Å²) in [4.78, 5) is 20.1. The van der Waals surface area contributed by atoms with Gasteiger partial charge in [-0.3, -0.25) is 4.79 Å². The van der Waals surface area contributed by atoms with E-state index < -0.39 is 0 Å². The zero-order chi connectivity index (χ0) is 16.1. The summed E-state index contributed by atoms with van der Waals surface area (Å²) in [7, 11) is 0. The minimum atomic E-state index is -0.233. The zero-order valence-electron chi connectivity index (χ0n) is 12.2. The Balaban J connectivity index is 2.12. The standard InChI is InChI=1S/C15H16Cl2N4O/c1-9(2)7-18-15(22)13-6-14(20-8-19-13)21-12-4-10(16)3-11(17)5-12/h3-6,8-9H,7H2,1-2H3,(H,18,22)(H,19,20,21). The molecule has 2 N–H and O–H groups in total. The second-order valence-corrected chi connectivity index (χ2v) is 6.05. The van der Waals surface area contributed by atoms with Crippen molar-refractivity contribution < 1.29 is 4.79 Å². The Morgan fingerprint density at radius 2 is 1.82 bits per heavy atom. The Bertz CT molecular complexity index is 656. The van der Waals surface area contributed by atoms with Crippen molar-refractivity contribution in [3.8, 4) is 0 Å². The van der Waals surface area contributed by atoms with Gasteiger partial charge >= 0.3 is 0 Å². The lowest BCUT2D eigenvalue weighted by molar-refractivity contribution is 0.0944. The molecule has 22 heavy (non-hydrogen) atoms. The van der Waals surface area contributed by atoms with Gasteiger partial charge in [-0.1, -0.05) is 37.0 Å². The summed E-state index contributed by atoms with van der Waals surface area (Å²) in [6.07, 6.45) is 1.33. The van der Waals surface area contributed by atoms with Crippen LogP contribution in [0.25, 0.3) is 0 Å². The highest BCUT2D eigenvalue weighted by atomic mass is 35.5. The van der Waals surface area contributed by atoms with Gasteiger partial charge in [-0.2, -0.15) is 0 Å². The molecule has 0 saturated carbocycles. The van der Waals surface area contributed by atoms with E-state index in [1.54, 1.807) is 24.3 Å². The maximum Gasteiger partial charge on any atom is 0.270 e. The molecule has 2 aromatic rings. The van der Waals surface area contributed by atoms with E-state index in [1.165, 1.54) is 6.33 Å². The van der Waals surface area contributed by atoms with Crippen LogP contribution in [0.4, 0.5) is 11.5 Å². The van der Waals surface area contributed by atoms with Crippen molar-refractivity contribution in [3.63, 3.8) is 0 Å². The summed E-state index contributed by atoms with van der Waals surface area (Å²) in [5, 5.41) is 6.88. The molecule has 1 aromatic heterocycles. The van der Waals surface area contributed by atoms with Crippen LogP contribution >= 0.6 is 23.2 Å². The Morgan fingerprint density at radius 1 is 1.14 bits per heavy atom. The number of amides is 1. The first-order chi connectivity index (χ1) is 10.4. The number of carbonyl (C=O) groups excluding carboxylic acids is 1. The van der Waals surface area contributed by atoms with Crippen LogP contribution in [0.2, 0.25) is 10.0 Å². The highest BCUT2D eigenvalue weighted by Gasteiger charge is 2.09. The predicted molar refractivity (Wildman–Crippen MR) is 88.9 cm³/mol. The van der Waals surface area contributed by atoms with Crippen molar-refractivity contribution in [1.82, 2.24) is 15.3 Å². The number of halogens is 2. The van der Waals surface area contributed by atoms with Crippen molar-refractivity contribution in [2.24, 2.45) is 5.92 Å². The third-order valence-corrected chi connectivity index (χ3v) is 3.14. The Morgan fingerprint density at radius 3 is 2.45 bits per heavy atom. The molecule has 0 atom stereocenters. The number of nitrogens with one attached hydrogen (secondary N) is 2. The molecule has 0 unspecified atom stereocenters. The van der Waals surface area contributed by atoms with Crippen molar-refractivity contribution in [1.29, 1.82) is 0 Å². The van der Waals surface area contributed by atoms with Gasteiger partial charge in [0.2, 0.25) is 0 Å². The van der Waals surface area contributed by atoms with E-state index in [4.69, 9.17) is 23.2 Å². The fourth-order valence-corrected chi connectivity index (χ4v) is 2.24. The summed E-state index contributed by atoms with van der Waals surface area (Å²) in [5.74, 6) is 0.628. The van der Waals surface area contributed by atoms with Crippen LogP contribution in [-0.2, 0) is 0 Å². The van der Waals surface area contributed by atoms with Gasteiger partial charge in [-0.25, -0.2) is 9.97 Å². The minimum absolute atomic E-state index is 0.233. The highest BCUT2D eigenvalue weighted by molar-refractivity contribution is 6.35. The molecule has 0 aliphatic rings. The summed E-state index contributed by atoms with van der Waals surface area (Å²) in [6, 6.07) is 6.64. The van der Waals surface area contributed by atoms with E-state index in [0.717, 1.165) is 0 Å². The highest BCUT2D eigenvalue weighted by Crippen LogP contribution is 2.24. The quantitative estimate of drug-likeness (QED) is 0.867. The summed E-state index contributed by atoms with van der Waals surface area (Å²) in [6.45, 7) is 4.64. The second kappa shape index (κ2) is 7.42. The maximum atomic E-state index is 12.0. The number of aromatic nitrogens is 2. The number of benzene rings is 1. The lowest BCUT2D eigenvalue weighted by Gasteiger charge is -2.09. The number of anilines is 2. The number of hydrogen-bond acceptors (Lipinski definition) is 4. The van der Waals surface area contributed by atoms with Gasteiger partial charge in [-0.15, -0.1) is 0 Å². The van der Waals surface area contributed by atoms with Crippen LogP contribution in [0.1, 0.15) is 24.3 Å². The van der Waals surface area contributed by atoms with Crippen LogP contribution in [0, 0.1) is 5.92 Å². The van der Waals surface area contributed by atoms with Gasteiger partial charge in [0.25, 0.3) is 5.91 Å². The first-order valence-corrected chi connectivity index (χ1v) is 7.53. The third-order valence-electron chi connectivity index (χ3n) is 2.71. The summed E-state index contributed by atoms with van der Waals surface area (Å²) in [5.41, 5.74) is 0.982. The van der Waals surface area contributed by atoms with Gasteiger partial charge in [-0.05, 0) is 24.1 Å². The van der Waals surface area contributed by atoms with E-state index in [0.29, 0.717) is 39.7 Å². The van der Waals surface area contributed by atoms with Gasteiger partial charge < -0.3 is 10.6 Å². The molecule has 116 valence electrons. The topological polar surface area (TPSA) is 66.9 Å². The van der Waals surface area contributed by atoms with Crippen LogP contribution in [-0.4, -0.2) is 22.4 Å². The molecular formula is C15H16Cl2N4O. The predicted octanol–water partition coefficient (Wildman–Crippen LogP) is 3.91. The van der Waals surface area contributed by atoms with Gasteiger partial charge in [0.05, 0.1) is 0 Å². The number of carbonyl (C=O) groups is 1. The van der Waals surface area contributed by atoms with E-state index in [2.05, 4.69) is 20.6 Å². The van der Waals surface area contributed by atoms with E-state index in [1.807, 2.05) is 13.8 Å². The Labute approximate surface area is 139 Å². The van der Waals surface area contributed by atoms with E-state index in [9.17, 15) is 4.79 Å². The smallest absolute Gasteiger partial charge is 0.270 e. The fourth-order valence-electron chi connectivity index (χ4n) is 1.71. The van der Waals surface area contributed by atoms with E-state index >= 15 is 0 Å². The molecule has 0 aliphatic heterocycles. The molecule has 5 nitrogen and oxygen atoms in total. The average Bonchev–Trinajstić information content (AvgIpc) is 2.44. The van der Waals surface area contributed by atoms with Crippen LogP contribution in [0.15, 0.2) is 30.6 Å². The number of hydrogen-bond donors (Lipinski definition) is 2. The molecular weight excluding hydrogens is 323 g/mol. The molecule has 0 fully saturated rings. The molecule has 0 radical (unpaired) electrons. The Hall–Kier alpha value is -1.85. The normalized spacial score (nSPS) is 10.6. The minimum Gasteiger partial charge on any atom is -0.350 e. The van der Waals surface area contributed by atoms with Crippen molar-refractivity contribution in [3.05, 3.63) is 46.3 Å². The number of rotatable bonds is 5. The molecule has 7 heteroatoms. The molecule has 1 aromatic carbocycles. The van der Waals surface area contributed by atoms with Crippen LogP contribution < -0.4 is 10.6 Å². The monoisotopic (exact) mass is 338 g/mol. The largest absolute Gasteiger partial charge is 0.350 e. The summed E-state index contributed by atoms with van der Waals surface area (Å²) < 4.78 is 0. The first-order valence-electron chi connectivity index (χ1n) is 6.77. The van der Waals surface area contributed by atoms with Gasteiger partial charge in [0.1, 0.15) is 17.8 Å². The maximum absolute atomic E-state index is 12.0. The second-order valence-electron chi connectivity index (χ2n) is 5.18. The van der Waals surface area contributed by atoms with Crippen LogP contribution in [0.5, 0.6) is 0 Å². The molecule has 0 saturated heterocycles. The Kier molecular flexibility index (Phi) is 5.57. The van der Waals surface area contributed by atoms with Crippen molar-refractivity contribution in [2.75, 3.05) is 11.9 Å². The summed E-state index contributed by atoms with van der Waals surface area (Å²) >= 11 is 11.9. The lowest BCUT2D eigenvalue weighted by Crippen LogP contribution is -2.28. The molecule has 1 amide bonds. The first kappa shape index (κ1) is 16.5. The zero-order valence-corrected chi connectivity index (χ0v) is 13.7. The lowest BCUT2D eigenvalue weighted by atomic mass is 10.2. The van der Waals surface area contributed by atoms with Crippen molar-refractivity contribution >= 4 is 40.6 Å². The molecule has 2 rings (SSSR count). The van der Waals surface area contributed by atoms with Gasteiger partial charge in [0.15, 0.2) is 0 Å². The van der Waals surface area contributed by atoms with Crippen LogP contribution in [0.3, 0.4) is 0 Å².